The fourth-order valence-corrected chi connectivity index (χ4v) is 4.06. The Bertz CT molecular complexity index is 794. The van der Waals surface area contributed by atoms with Crippen molar-refractivity contribution >= 4 is 45.3 Å². The van der Waals surface area contributed by atoms with Gasteiger partial charge in [-0.05, 0) is 42.8 Å². The number of amides is 2. The van der Waals surface area contributed by atoms with Crippen LogP contribution in [0.5, 0.6) is 0 Å². The minimum atomic E-state index is -0.354. The average Bonchev–Trinajstić information content (AvgIpc) is 2.92. The van der Waals surface area contributed by atoms with Crippen LogP contribution in [0, 0.1) is 6.57 Å². The number of anilines is 2. The Hall–Kier alpha value is -2.07. The van der Waals surface area contributed by atoms with Gasteiger partial charge in [-0.15, -0.1) is 11.3 Å². The molecule has 2 N–H and O–H groups in total. The summed E-state index contributed by atoms with van der Waals surface area (Å²) in [6.07, 6.45) is 0.859. The highest BCUT2D eigenvalue weighted by Gasteiger charge is 2.24. The molecule has 0 radical (unpaired) electrons. The summed E-state index contributed by atoms with van der Waals surface area (Å²) in [6.45, 7) is 12.4. The third kappa shape index (κ3) is 3.54. The van der Waals surface area contributed by atoms with Crippen molar-refractivity contribution in [1.82, 2.24) is 4.90 Å². The first-order chi connectivity index (χ1) is 11.6. The summed E-state index contributed by atoms with van der Waals surface area (Å²) < 4.78 is 0. The van der Waals surface area contributed by atoms with Crippen LogP contribution in [-0.4, -0.2) is 24.0 Å². The van der Waals surface area contributed by atoms with E-state index in [1.807, 2.05) is 0 Å². The van der Waals surface area contributed by atoms with Crippen molar-refractivity contribution in [3.05, 3.63) is 51.1 Å². The van der Waals surface area contributed by atoms with Crippen molar-refractivity contribution in [2.45, 2.75) is 19.9 Å². The molecule has 1 aliphatic heterocycles. The van der Waals surface area contributed by atoms with E-state index in [4.69, 9.17) is 18.2 Å². The molecular formula is C17H17ClN4OS. The van der Waals surface area contributed by atoms with Gasteiger partial charge in [0.25, 0.3) is 0 Å². The molecule has 1 aliphatic rings. The van der Waals surface area contributed by atoms with Crippen LogP contribution in [-0.2, 0) is 13.0 Å². The third-order valence-corrected chi connectivity index (χ3v) is 5.37. The van der Waals surface area contributed by atoms with E-state index >= 15 is 0 Å². The number of hydrogen-bond acceptors (Lipinski definition) is 3. The highest BCUT2D eigenvalue weighted by atomic mass is 35.5. The maximum atomic E-state index is 12.2. The van der Waals surface area contributed by atoms with E-state index in [1.165, 1.54) is 16.2 Å². The number of halogens is 1. The number of fused-ring (bicyclic) bond motifs is 1. The normalized spacial score (nSPS) is 13.9. The molecule has 2 amide bonds. The van der Waals surface area contributed by atoms with Gasteiger partial charge in [-0.2, -0.15) is 0 Å². The summed E-state index contributed by atoms with van der Waals surface area (Å²) in [5, 5.41) is 6.81. The molecule has 0 atom stereocenters. The smallest absolute Gasteiger partial charge is 0.308 e. The molecule has 0 saturated heterocycles. The van der Waals surface area contributed by atoms with Crippen LogP contribution >= 0.6 is 22.9 Å². The molecule has 0 fully saturated rings. The molecule has 1 aromatic heterocycles. The molecule has 2 aromatic rings. The molecule has 5 nitrogen and oxygen atoms in total. The van der Waals surface area contributed by atoms with Crippen LogP contribution in [0.4, 0.5) is 21.2 Å². The lowest BCUT2D eigenvalue weighted by atomic mass is 10.1. The average molecular weight is 361 g/mol. The zero-order chi connectivity index (χ0) is 17.1. The molecule has 3 rings (SSSR count). The first-order valence-corrected chi connectivity index (χ1v) is 8.88. The number of nitrogens with zero attached hydrogens (tertiary/aromatic N) is 2. The number of carbonyl (C=O) groups excluding carboxylic acids is 1. The van der Waals surface area contributed by atoms with Gasteiger partial charge in [-0.3, -0.25) is 4.90 Å². The zero-order valence-corrected chi connectivity index (χ0v) is 14.8. The maximum Gasteiger partial charge on any atom is 0.323 e. The predicted octanol–water partition coefficient (Wildman–Crippen LogP) is 4.97. The van der Waals surface area contributed by atoms with Gasteiger partial charge in [-0.25, -0.2) is 9.64 Å². The van der Waals surface area contributed by atoms with Crippen molar-refractivity contribution in [1.29, 1.82) is 0 Å². The maximum absolute atomic E-state index is 12.2. The Morgan fingerprint density at radius 3 is 2.79 bits per heavy atom. The standard InChI is InChI=1S/C17H17ClN4OS/c1-3-22-9-8-13-14(10-22)24-16(15(13)19-2)21-17(23)20-12-6-4-11(18)5-7-12/h4-7H,3,8-10H2,1H3,(H2,20,21,23). The van der Waals surface area contributed by atoms with Crippen LogP contribution in [0.2, 0.25) is 5.02 Å². The van der Waals surface area contributed by atoms with Crippen LogP contribution in [0.15, 0.2) is 24.3 Å². The Balaban J connectivity index is 1.75. The Morgan fingerprint density at radius 1 is 1.38 bits per heavy atom. The number of likely N-dealkylation sites (N-methyl/N-ethyl adjacent to an activating group) is 1. The van der Waals surface area contributed by atoms with E-state index in [2.05, 4.69) is 27.3 Å². The van der Waals surface area contributed by atoms with Gasteiger partial charge in [0.1, 0.15) is 5.00 Å². The van der Waals surface area contributed by atoms with Crippen LogP contribution in [0.1, 0.15) is 17.4 Å². The fraction of sp³-hybridized carbons (Fsp3) is 0.294. The molecule has 7 heteroatoms. The van der Waals surface area contributed by atoms with Gasteiger partial charge >= 0.3 is 6.03 Å². The van der Waals surface area contributed by atoms with Crippen molar-refractivity contribution < 1.29 is 4.79 Å². The predicted molar refractivity (Wildman–Crippen MR) is 99.3 cm³/mol. The number of thiophene rings is 1. The van der Waals surface area contributed by atoms with Gasteiger partial charge in [0, 0.05) is 28.7 Å². The lowest BCUT2D eigenvalue weighted by Gasteiger charge is -2.25. The van der Waals surface area contributed by atoms with Crippen LogP contribution in [0.25, 0.3) is 4.85 Å². The quantitative estimate of drug-likeness (QED) is 0.759. The highest BCUT2D eigenvalue weighted by molar-refractivity contribution is 7.17. The monoisotopic (exact) mass is 360 g/mol. The van der Waals surface area contributed by atoms with Gasteiger partial charge in [0.15, 0.2) is 0 Å². The summed E-state index contributed by atoms with van der Waals surface area (Å²) in [5.74, 6) is 0. The van der Waals surface area contributed by atoms with Crippen molar-refractivity contribution in [3.63, 3.8) is 0 Å². The van der Waals surface area contributed by atoms with Gasteiger partial charge < -0.3 is 10.6 Å². The minimum absolute atomic E-state index is 0.354. The molecule has 0 spiro atoms. The number of carbonyl (C=O) groups is 1. The second kappa shape index (κ2) is 7.22. The Labute approximate surface area is 150 Å². The second-order valence-electron chi connectivity index (χ2n) is 5.50. The van der Waals surface area contributed by atoms with Gasteiger partial charge in [-0.1, -0.05) is 18.5 Å². The van der Waals surface area contributed by atoms with Gasteiger partial charge in [0.05, 0.1) is 6.57 Å². The highest BCUT2D eigenvalue weighted by Crippen LogP contribution is 2.43. The summed E-state index contributed by atoms with van der Waals surface area (Å²) in [6, 6.07) is 6.54. The van der Waals surface area contributed by atoms with Gasteiger partial charge in [0.2, 0.25) is 5.69 Å². The first-order valence-electron chi connectivity index (χ1n) is 7.68. The number of rotatable bonds is 3. The molecule has 0 unspecified atom stereocenters. The summed E-state index contributed by atoms with van der Waals surface area (Å²) >= 11 is 7.33. The number of urea groups is 1. The molecule has 1 aromatic carbocycles. The molecular weight excluding hydrogens is 344 g/mol. The minimum Gasteiger partial charge on any atom is -0.308 e. The van der Waals surface area contributed by atoms with Crippen molar-refractivity contribution in [3.8, 4) is 0 Å². The Kier molecular flexibility index (Phi) is 5.05. The summed E-state index contributed by atoms with van der Waals surface area (Å²) in [5.41, 5.74) is 2.32. The fourth-order valence-electron chi connectivity index (χ4n) is 2.71. The molecule has 124 valence electrons. The third-order valence-electron chi connectivity index (χ3n) is 4.00. The second-order valence-corrected chi connectivity index (χ2v) is 7.04. The lowest BCUT2D eigenvalue weighted by molar-refractivity contribution is 0.262. The summed E-state index contributed by atoms with van der Waals surface area (Å²) in [7, 11) is 0. The van der Waals surface area contributed by atoms with E-state index in [1.54, 1.807) is 24.3 Å². The number of benzene rings is 1. The zero-order valence-electron chi connectivity index (χ0n) is 13.2. The largest absolute Gasteiger partial charge is 0.323 e. The molecule has 0 bridgehead atoms. The van der Waals surface area contributed by atoms with E-state index in [0.717, 1.165) is 31.6 Å². The van der Waals surface area contributed by atoms with Crippen LogP contribution in [0.3, 0.4) is 0 Å². The molecule has 0 aliphatic carbocycles. The van der Waals surface area contributed by atoms with E-state index in [-0.39, 0.29) is 6.03 Å². The molecule has 24 heavy (non-hydrogen) atoms. The first kappa shape index (κ1) is 16.8. The van der Waals surface area contributed by atoms with E-state index < -0.39 is 0 Å². The number of hydrogen-bond donors (Lipinski definition) is 2. The molecule has 0 saturated carbocycles. The van der Waals surface area contributed by atoms with Crippen LogP contribution < -0.4 is 10.6 Å². The SMILES string of the molecule is [C-]#[N+]c1c(NC(=O)Nc2ccc(Cl)cc2)sc2c1CCN(CC)C2. The van der Waals surface area contributed by atoms with E-state index in [9.17, 15) is 4.79 Å². The topological polar surface area (TPSA) is 48.7 Å². The van der Waals surface area contributed by atoms with Crippen molar-refractivity contribution in [2.75, 3.05) is 23.7 Å². The summed E-state index contributed by atoms with van der Waals surface area (Å²) in [4.78, 5) is 19.4. The number of nitrogens with one attached hydrogen (secondary N) is 2. The van der Waals surface area contributed by atoms with E-state index in [0.29, 0.717) is 21.4 Å². The van der Waals surface area contributed by atoms with Crippen molar-refractivity contribution in [2.24, 2.45) is 0 Å². The molecule has 2 heterocycles. The lowest BCUT2D eigenvalue weighted by Crippen LogP contribution is -2.29. The Morgan fingerprint density at radius 2 is 2.12 bits per heavy atom.